The number of carbonyl (C=O) groups is 2. The molecule has 0 bridgehead atoms. The van der Waals surface area contributed by atoms with E-state index < -0.39 is 11.7 Å². The number of aromatic amines is 1. The van der Waals surface area contributed by atoms with E-state index in [0.29, 0.717) is 48.5 Å². The van der Waals surface area contributed by atoms with Crippen molar-refractivity contribution in [3.05, 3.63) is 89.3 Å². The van der Waals surface area contributed by atoms with Crippen LogP contribution in [0, 0.1) is 0 Å². The number of hydrogen-bond acceptors (Lipinski definition) is 6. The molecule has 1 aliphatic heterocycles. The molecule has 7 nitrogen and oxygen atoms in total. The molecule has 2 aromatic carbocycles. The SMILES string of the molecule is COc1ncc(OC)c2c(C(=O)C(=O)N3CCC(=C(c4ccccc4)c4cccc(SC)c4)CC3)c[nH]c12. The van der Waals surface area contributed by atoms with Crippen LogP contribution in [0.2, 0.25) is 0 Å². The van der Waals surface area contributed by atoms with Crippen LogP contribution < -0.4 is 9.47 Å². The summed E-state index contributed by atoms with van der Waals surface area (Å²) in [6.45, 7) is 0.950. The Kier molecular flexibility index (Phi) is 7.51. The van der Waals surface area contributed by atoms with Gasteiger partial charge < -0.3 is 19.4 Å². The van der Waals surface area contributed by atoms with Gasteiger partial charge in [0.1, 0.15) is 11.3 Å². The lowest BCUT2D eigenvalue weighted by atomic mass is 9.88. The molecule has 0 aliphatic carbocycles. The van der Waals surface area contributed by atoms with Crippen LogP contribution >= 0.6 is 11.8 Å². The van der Waals surface area contributed by atoms with Crippen molar-refractivity contribution in [3.8, 4) is 11.6 Å². The largest absolute Gasteiger partial charge is 0.494 e. The van der Waals surface area contributed by atoms with Gasteiger partial charge in [-0.25, -0.2) is 4.98 Å². The molecule has 0 spiro atoms. The number of carbonyl (C=O) groups excluding carboxylic acids is 2. The molecule has 1 aliphatic rings. The fourth-order valence-electron chi connectivity index (χ4n) is 5.03. The average molecular weight is 528 g/mol. The minimum Gasteiger partial charge on any atom is -0.494 e. The smallest absolute Gasteiger partial charge is 0.295 e. The van der Waals surface area contributed by atoms with E-state index in [2.05, 4.69) is 52.6 Å². The van der Waals surface area contributed by atoms with Crippen LogP contribution in [0.1, 0.15) is 34.3 Å². The molecular weight excluding hydrogens is 498 g/mol. The topological polar surface area (TPSA) is 84.5 Å². The van der Waals surface area contributed by atoms with E-state index in [0.717, 1.165) is 5.56 Å². The molecule has 0 atom stereocenters. The summed E-state index contributed by atoms with van der Waals surface area (Å²) in [6, 6.07) is 18.9. The van der Waals surface area contributed by atoms with E-state index in [1.54, 1.807) is 16.7 Å². The van der Waals surface area contributed by atoms with Gasteiger partial charge >= 0.3 is 0 Å². The third-order valence-corrected chi connectivity index (χ3v) is 7.65. The Morgan fingerprint density at radius 3 is 2.39 bits per heavy atom. The molecule has 1 amide bonds. The van der Waals surface area contributed by atoms with Crippen LogP contribution in [0.3, 0.4) is 0 Å². The van der Waals surface area contributed by atoms with Crippen LogP contribution in [0.15, 0.2) is 77.5 Å². The molecule has 1 fully saturated rings. The molecule has 1 N–H and O–H groups in total. The Hall–Kier alpha value is -4.04. The van der Waals surface area contributed by atoms with Crippen molar-refractivity contribution in [3.63, 3.8) is 0 Å². The molecule has 8 heteroatoms. The number of piperidine rings is 1. The van der Waals surface area contributed by atoms with Crippen molar-refractivity contribution < 1.29 is 19.1 Å². The Bertz CT molecular complexity index is 1520. The molecule has 4 aromatic rings. The van der Waals surface area contributed by atoms with Crippen LogP contribution in [0.5, 0.6) is 11.6 Å². The van der Waals surface area contributed by atoms with E-state index >= 15 is 0 Å². The van der Waals surface area contributed by atoms with Gasteiger partial charge in [-0.05, 0) is 47.9 Å². The predicted octanol–water partition coefficient (Wildman–Crippen LogP) is 5.61. The number of thioether (sulfide) groups is 1. The number of likely N-dealkylation sites (tertiary alicyclic amines) is 1. The molecule has 1 saturated heterocycles. The minimum atomic E-state index is -0.578. The van der Waals surface area contributed by atoms with Crippen molar-refractivity contribution in [1.29, 1.82) is 0 Å². The lowest BCUT2D eigenvalue weighted by Crippen LogP contribution is -2.40. The minimum absolute atomic E-state index is 0.253. The molecule has 0 saturated carbocycles. The number of amides is 1. The molecule has 5 rings (SSSR count). The van der Waals surface area contributed by atoms with Crippen molar-refractivity contribution in [2.75, 3.05) is 33.6 Å². The van der Waals surface area contributed by atoms with Gasteiger partial charge in [-0.2, -0.15) is 0 Å². The first-order chi connectivity index (χ1) is 18.5. The van der Waals surface area contributed by atoms with Crippen molar-refractivity contribution >= 4 is 39.9 Å². The highest BCUT2D eigenvalue weighted by Crippen LogP contribution is 2.35. The number of ether oxygens (including phenoxy) is 2. The molecule has 3 heterocycles. The Morgan fingerprint density at radius 2 is 1.71 bits per heavy atom. The molecule has 0 radical (unpaired) electrons. The number of Topliss-reactive ketones (excluding diaryl/α,β-unsaturated/α-hetero) is 1. The molecule has 194 valence electrons. The first-order valence-corrected chi connectivity index (χ1v) is 13.6. The second-order valence-electron chi connectivity index (χ2n) is 8.99. The van der Waals surface area contributed by atoms with Gasteiger partial charge in [-0.1, -0.05) is 48.0 Å². The van der Waals surface area contributed by atoms with E-state index in [1.807, 2.05) is 18.2 Å². The second-order valence-corrected chi connectivity index (χ2v) is 9.87. The van der Waals surface area contributed by atoms with E-state index in [-0.39, 0.29) is 5.56 Å². The summed E-state index contributed by atoms with van der Waals surface area (Å²) < 4.78 is 10.7. The lowest BCUT2D eigenvalue weighted by molar-refractivity contribution is -0.126. The maximum atomic E-state index is 13.4. The number of fused-ring (bicyclic) bond motifs is 1. The fourth-order valence-corrected chi connectivity index (χ4v) is 5.49. The summed E-state index contributed by atoms with van der Waals surface area (Å²) in [7, 11) is 3.01. The number of rotatable bonds is 7. The summed E-state index contributed by atoms with van der Waals surface area (Å²) in [5, 5.41) is 0.496. The zero-order chi connectivity index (χ0) is 26.6. The number of methoxy groups -OCH3 is 2. The average Bonchev–Trinajstić information content (AvgIpc) is 3.42. The zero-order valence-electron chi connectivity index (χ0n) is 21.6. The zero-order valence-corrected chi connectivity index (χ0v) is 22.4. The van der Waals surface area contributed by atoms with Gasteiger partial charge in [0.05, 0.1) is 31.4 Å². The third-order valence-electron chi connectivity index (χ3n) is 6.92. The van der Waals surface area contributed by atoms with Gasteiger partial charge in [0.2, 0.25) is 5.88 Å². The summed E-state index contributed by atoms with van der Waals surface area (Å²) in [5.41, 5.74) is 5.60. The molecule has 0 unspecified atom stereocenters. The van der Waals surface area contributed by atoms with Gasteiger partial charge in [0.15, 0.2) is 0 Å². The molecular formula is C30H29N3O4S. The first kappa shape index (κ1) is 25.6. The Morgan fingerprint density at radius 1 is 0.974 bits per heavy atom. The van der Waals surface area contributed by atoms with Crippen molar-refractivity contribution in [2.45, 2.75) is 17.7 Å². The van der Waals surface area contributed by atoms with Crippen LogP contribution in [-0.2, 0) is 4.79 Å². The standard InChI is InChI=1S/C30H29N3O4S/c1-36-24-18-32-29(37-2)27-26(24)23(17-31-27)28(34)30(35)33-14-12-20(13-15-33)25(19-8-5-4-6-9-19)21-10-7-11-22(16-21)38-3/h4-11,16-18,31H,12-15H2,1-3H3. The molecule has 38 heavy (non-hydrogen) atoms. The van der Waals surface area contributed by atoms with Crippen molar-refractivity contribution in [2.24, 2.45) is 0 Å². The Labute approximate surface area is 225 Å². The highest BCUT2D eigenvalue weighted by Gasteiger charge is 2.30. The van der Waals surface area contributed by atoms with E-state index in [1.165, 1.54) is 48.2 Å². The monoisotopic (exact) mass is 527 g/mol. The summed E-state index contributed by atoms with van der Waals surface area (Å²) >= 11 is 1.72. The number of nitrogens with one attached hydrogen (secondary N) is 1. The van der Waals surface area contributed by atoms with Crippen LogP contribution in [0.25, 0.3) is 16.5 Å². The van der Waals surface area contributed by atoms with E-state index in [9.17, 15) is 9.59 Å². The lowest BCUT2D eigenvalue weighted by Gasteiger charge is -2.30. The number of nitrogens with zero attached hydrogens (tertiary/aromatic N) is 2. The number of ketones is 1. The normalized spacial score (nSPS) is 13.4. The quantitative estimate of drug-likeness (QED) is 0.191. The molecule has 2 aromatic heterocycles. The fraction of sp³-hybridized carbons (Fsp3) is 0.233. The van der Waals surface area contributed by atoms with Gasteiger partial charge in [-0.3, -0.25) is 9.59 Å². The van der Waals surface area contributed by atoms with Gasteiger partial charge in [-0.15, -0.1) is 11.8 Å². The number of pyridine rings is 1. The predicted molar refractivity (Wildman–Crippen MR) is 150 cm³/mol. The number of benzene rings is 2. The maximum Gasteiger partial charge on any atom is 0.295 e. The summed E-state index contributed by atoms with van der Waals surface area (Å²) in [5.74, 6) is -0.360. The third kappa shape index (κ3) is 4.79. The number of H-pyrrole nitrogens is 1. The first-order valence-electron chi connectivity index (χ1n) is 12.4. The van der Waals surface area contributed by atoms with Crippen LogP contribution in [0.4, 0.5) is 0 Å². The Balaban J connectivity index is 1.42. The van der Waals surface area contributed by atoms with Crippen LogP contribution in [-0.4, -0.2) is 60.1 Å². The number of hydrogen-bond donors (Lipinski definition) is 1. The van der Waals surface area contributed by atoms with Gasteiger partial charge in [0.25, 0.3) is 11.7 Å². The van der Waals surface area contributed by atoms with E-state index in [4.69, 9.17) is 9.47 Å². The highest BCUT2D eigenvalue weighted by molar-refractivity contribution is 7.98. The summed E-state index contributed by atoms with van der Waals surface area (Å²) in [6.07, 6.45) is 6.49. The van der Waals surface area contributed by atoms with Gasteiger partial charge in [0, 0.05) is 24.2 Å². The summed E-state index contributed by atoms with van der Waals surface area (Å²) in [4.78, 5) is 36.8. The number of aromatic nitrogens is 2. The van der Waals surface area contributed by atoms with Crippen molar-refractivity contribution in [1.82, 2.24) is 14.9 Å². The maximum absolute atomic E-state index is 13.4. The highest BCUT2D eigenvalue weighted by atomic mass is 32.2. The second kappa shape index (κ2) is 11.1.